The van der Waals surface area contributed by atoms with Crippen molar-refractivity contribution in [2.24, 2.45) is 0 Å². The Morgan fingerprint density at radius 3 is 1.00 bits per heavy atom. The van der Waals surface area contributed by atoms with E-state index in [1.54, 1.807) is 0 Å². The van der Waals surface area contributed by atoms with E-state index < -0.39 is 12.1 Å². The lowest BCUT2D eigenvalue weighted by Gasteiger charge is -2.22. The number of hydrogen-bond donors (Lipinski definition) is 3. The molecule has 0 aliphatic rings. The fraction of sp³-hybridized carbons (Fsp3) is 0.717. The topological polar surface area (TPSA) is 69.6 Å². The third kappa shape index (κ3) is 50.3. The molecule has 0 radical (unpaired) electrons. The van der Waals surface area contributed by atoms with Gasteiger partial charge in [-0.15, -0.1) is 0 Å². The first-order chi connectivity index (χ1) is 31.7. The highest BCUT2D eigenvalue weighted by Crippen LogP contribution is 2.17. The molecule has 4 nitrogen and oxygen atoms in total. The van der Waals surface area contributed by atoms with Crippen LogP contribution in [0.3, 0.4) is 0 Å². The third-order valence-corrected chi connectivity index (χ3v) is 12.1. The van der Waals surface area contributed by atoms with Gasteiger partial charge in [0.15, 0.2) is 0 Å². The number of hydrogen-bond acceptors (Lipinski definition) is 3. The molecular weight excluding hydrogens is 783 g/mol. The zero-order valence-electron chi connectivity index (χ0n) is 42.3. The molecule has 0 aromatic rings. The van der Waals surface area contributed by atoms with Crippen LogP contribution in [-0.4, -0.2) is 34.9 Å². The lowest BCUT2D eigenvalue weighted by molar-refractivity contribution is -0.123. The molecule has 368 valence electrons. The maximum Gasteiger partial charge on any atom is 0.220 e. The summed E-state index contributed by atoms with van der Waals surface area (Å²) in [5, 5.41) is 23.3. The average Bonchev–Trinajstić information content (AvgIpc) is 3.30. The minimum Gasteiger partial charge on any atom is -0.394 e. The second-order valence-electron chi connectivity index (χ2n) is 18.3. The number of unbranched alkanes of at least 4 members (excludes halogenated alkanes) is 26. The summed E-state index contributed by atoms with van der Waals surface area (Å²) in [4.78, 5) is 12.5. The summed E-state index contributed by atoms with van der Waals surface area (Å²) in [5.41, 5.74) is 0. The number of carbonyl (C=O) groups is 1. The molecular formula is C60H105NO3. The van der Waals surface area contributed by atoms with Crippen LogP contribution >= 0.6 is 0 Å². The molecule has 1 amide bonds. The maximum absolute atomic E-state index is 12.5. The number of aliphatic hydroxyl groups excluding tert-OH is 2. The fourth-order valence-electron chi connectivity index (χ4n) is 7.97. The zero-order valence-corrected chi connectivity index (χ0v) is 42.3. The van der Waals surface area contributed by atoms with Crippen LogP contribution in [0.5, 0.6) is 0 Å². The van der Waals surface area contributed by atoms with E-state index in [1.165, 1.54) is 148 Å². The highest BCUT2D eigenvalue weighted by molar-refractivity contribution is 5.76. The van der Waals surface area contributed by atoms with Crippen LogP contribution in [0.2, 0.25) is 0 Å². The Bertz CT molecular complexity index is 1190. The maximum atomic E-state index is 12.5. The van der Waals surface area contributed by atoms with Crippen molar-refractivity contribution in [2.45, 2.75) is 270 Å². The fourth-order valence-corrected chi connectivity index (χ4v) is 7.97. The van der Waals surface area contributed by atoms with E-state index in [1.807, 2.05) is 0 Å². The average molecular weight is 889 g/mol. The SMILES string of the molecule is CC/C=C\C/C=C\C/C=C\C/C=C\C/C=C\C/C=C\C/C=C\C/C=C\CCCCC(=O)NC(CO)C(O)CCCCCCCCCCCCCCCCCCCCCCCCCCC. The lowest BCUT2D eigenvalue weighted by atomic mass is 10.0. The van der Waals surface area contributed by atoms with Gasteiger partial charge in [0.2, 0.25) is 5.91 Å². The Morgan fingerprint density at radius 1 is 0.391 bits per heavy atom. The predicted molar refractivity (Wildman–Crippen MR) is 285 cm³/mol. The van der Waals surface area contributed by atoms with Crippen molar-refractivity contribution in [1.82, 2.24) is 5.32 Å². The van der Waals surface area contributed by atoms with Crippen molar-refractivity contribution < 1.29 is 15.0 Å². The summed E-state index contributed by atoms with van der Waals surface area (Å²) in [7, 11) is 0. The number of allylic oxidation sites excluding steroid dienone is 16. The number of rotatable bonds is 49. The van der Waals surface area contributed by atoms with Gasteiger partial charge >= 0.3 is 0 Å². The molecule has 0 aliphatic heterocycles. The molecule has 0 fully saturated rings. The van der Waals surface area contributed by atoms with Crippen LogP contribution in [0.4, 0.5) is 0 Å². The molecule has 0 saturated heterocycles. The summed E-state index contributed by atoms with van der Waals surface area (Å²) in [6.45, 7) is 4.24. The summed E-state index contributed by atoms with van der Waals surface area (Å²) < 4.78 is 0. The van der Waals surface area contributed by atoms with Crippen LogP contribution < -0.4 is 5.32 Å². The first kappa shape index (κ1) is 61.3. The van der Waals surface area contributed by atoms with E-state index in [0.717, 1.165) is 83.5 Å². The second-order valence-corrected chi connectivity index (χ2v) is 18.3. The number of nitrogens with one attached hydrogen (secondary N) is 1. The van der Waals surface area contributed by atoms with E-state index in [4.69, 9.17) is 0 Å². The third-order valence-electron chi connectivity index (χ3n) is 12.1. The standard InChI is InChI=1S/C60H105NO3/c1-3-5-7-9-11-13-15-17-19-21-23-25-27-29-30-32-34-36-38-40-42-44-46-48-50-52-54-56-60(64)61-58(57-62)59(63)55-53-51-49-47-45-43-41-39-37-35-33-31-28-26-24-22-20-18-16-14-12-10-8-6-4-2/h5,7,11,13,17,19,23,25,29-30,34,36,40,42,46,48,58-59,62-63H,3-4,6,8-10,12,14-16,18,20-22,24,26-28,31-33,35,37-39,41,43-45,47,49-57H2,1-2H3,(H,61,64)/b7-5-,13-11-,19-17-,25-23-,30-29-,36-34-,42-40-,48-46-. The van der Waals surface area contributed by atoms with Gasteiger partial charge in [-0.1, -0.05) is 272 Å². The lowest BCUT2D eigenvalue weighted by Crippen LogP contribution is -2.45. The highest BCUT2D eigenvalue weighted by Gasteiger charge is 2.20. The van der Waals surface area contributed by atoms with Crippen LogP contribution in [0.1, 0.15) is 258 Å². The van der Waals surface area contributed by atoms with E-state index in [-0.39, 0.29) is 12.5 Å². The van der Waals surface area contributed by atoms with Gasteiger partial charge in [0.05, 0.1) is 18.8 Å². The molecule has 2 unspecified atom stereocenters. The Kier molecular flexibility index (Phi) is 52.3. The molecule has 0 aliphatic carbocycles. The Labute approximate surface area is 398 Å². The molecule has 3 N–H and O–H groups in total. The normalized spacial score (nSPS) is 13.6. The molecule has 4 heteroatoms. The van der Waals surface area contributed by atoms with Crippen molar-refractivity contribution >= 4 is 5.91 Å². The molecule has 0 heterocycles. The highest BCUT2D eigenvalue weighted by atomic mass is 16.3. The Balaban J connectivity index is 3.61. The quantitative estimate of drug-likeness (QED) is 0.0421. The van der Waals surface area contributed by atoms with Gasteiger partial charge in [-0.25, -0.2) is 0 Å². The van der Waals surface area contributed by atoms with Crippen molar-refractivity contribution in [3.63, 3.8) is 0 Å². The van der Waals surface area contributed by atoms with E-state index in [9.17, 15) is 15.0 Å². The summed E-state index contributed by atoms with van der Waals surface area (Å²) in [5.74, 6) is -0.0748. The summed E-state index contributed by atoms with van der Waals surface area (Å²) in [6.07, 6.45) is 81.0. The van der Waals surface area contributed by atoms with E-state index in [0.29, 0.717) is 12.8 Å². The molecule has 2 atom stereocenters. The van der Waals surface area contributed by atoms with Crippen molar-refractivity contribution in [3.05, 3.63) is 97.2 Å². The molecule has 0 aromatic heterocycles. The van der Waals surface area contributed by atoms with Gasteiger partial charge in [-0.3, -0.25) is 4.79 Å². The zero-order chi connectivity index (χ0) is 46.3. The molecule has 0 rings (SSSR count). The summed E-state index contributed by atoms with van der Waals surface area (Å²) >= 11 is 0. The minimum atomic E-state index is -0.686. The number of carbonyl (C=O) groups excluding carboxylic acids is 1. The number of amides is 1. The van der Waals surface area contributed by atoms with E-state index in [2.05, 4.69) is 116 Å². The second kappa shape index (κ2) is 54.6. The van der Waals surface area contributed by atoms with Crippen molar-refractivity contribution in [1.29, 1.82) is 0 Å². The predicted octanol–water partition coefficient (Wildman–Crippen LogP) is 18.1. The van der Waals surface area contributed by atoms with Gasteiger partial charge in [-0.2, -0.15) is 0 Å². The van der Waals surface area contributed by atoms with Crippen LogP contribution in [0.25, 0.3) is 0 Å². The van der Waals surface area contributed by atoms with Crippen molar-refractivity contribution in [2.75, 3.05) is 6.61 Å². The van der Waals surface area contributed by atoms with Gasteiger partial charge in [0, 0.05) is 6.42 Å². The monoisotopic (exact) mass is 888 g/mol. The van der Waals surface area contributed by atoms with E-state index >= 15 is 0 Å². The smallest absolute Gasteiger partial charge is 0.220 e. The Hall–Kier alpha value is -2.69. The van der Waals surface area contributed by atoms with Crippen LogP contribution in [-0.2, 0) is 4.79 Å². The minimum absolute atomic E-state index is 0.0748. The molecule has 0 aromatic carbocycles. The van der Waals surface area contributed by atoms with Gasteiger partial charge < -0.3 is 15.5 Å². The van der Waals surface area contributed by atoms with Gasteiger partial charge in [-0.05, 0) is 77.0 Å². The van der Waals surface area contributed by atoms with Gasteiger partial charge in [0.25, 0.3) is 0 Å². The summed E-state index contributed by atoms with van der Waals surface area (Å²) in [6, 6.07) is -0.568. The van der Waals surface area contributed by atoms with Gasteiger partial charge in [0.1, 0.15) is 0 Å². The molecule has 64 heavy (non-hydrogen) atoms. The number of aliphatic hydroxyl groups is 2. The first-order valence-electron chi connectivity index (χ1n) is 27.4. The first-order valence-corrected chi connectivity index (χ1v) is 27.4. The largest absolute Gasteiger partial charge is 0.394 e. The van der Waals surface area contributed by atoms with Crippen molar-refractivity contribution in [3.8, 4) is 0 Å². The molecule has 0 bridgehead atoms. The Morgan fingerprint density at radius 2 is 0.688 bits per heavy atom. The van der Waals surface area contributed by atoms with Crippen LogP contribution in [0.15, 0.2) is 97.2 Å². The van der Waals surface area contributed by atoms with Crippen LogP contribution in [0, 0.1) is 0 Å². The molecule has 0 spiro atoms. The molecule has 0 saturated carbocycles.